The molecule has 0 N–H and O–H groups in total. The number of hydrogen-bond donors (Lipinski definition) is 0. The predicted octanol–water partition coefficient (Wildman–Crippen LogP) is 1.37. The van der Waals surface area contributed by atoms with E-state index >= 15 is 0 Å². The molecule has 2 aliphatic carbocycles. The molecule has 0 saturated carbocycles. The van der Waals surface area contributed by atoms with Crippen LogP contribution in [-0.4, -0.2) is 0 Å². The van der Waals surface area contributed by atoms with Gasteiger partial charge in [0.15, 0.2) is 0 Å². The second kappa shape index (κ2) is 2.46. The van der Waals surface area contributed by atoms with Gasteiger partial charge >= 0.3 is 0 Å². The summed E-state index contributed by atoms with van der Waals surface area (Å²) in [6, 6.07) is 8.53. The summed E-state index contributed by atoms with van der Waals surface area (Å²) in [6.45, 7) is 0. The Morgan fingerprint density at radius 2 is 1.85 bits per heavy atom. The Bertz CT molecular complexity index is 515. The Morgan fingerprint density at radius 3 is 2.77 bits per heavy atom. The highest BCUT2D eigenvalue weighted by atomic mass is 14.2. The Labute approximate surface area is 77.2 Å². The number of rotatable bonds is 0. The smallest absolute Gasteiger partial charge is 0.0211 e. The molecule has 1 aromatic carbocycles. The number of benzene rings is 1. The molecule has 0 spiro atoms. The zero-order valence-electron chi connectivity index (χ0n) is 7.27. The molecular weight excluding hydrogens is 156 g/mol. The van der Waals surface area contributed by atoms with E-state index in [1.54, 1.807) is 0 Å². The van der Waals surface area contributed by atoms with Gasteiger partial charge in [-0.2, -0.15) is 0 Å². The SMILES string of the molecule is C1=CC2C=c3ccccc3=CC2=C1. The van der Waals surface area contributed by atoms with E-state index in [9.17, 15) is 0 Å². The fraction of sp³-hybridized carbons (Fsp3) is 0.0769. The van der Waals surface area contributed by atoms with Crippen LogP contribution in [0.1, 0.15) is 0 Å². The monoisotopic (exact) mass is 166 g/mol. The molecule has 0 amide bonds. The van der Waals surface area contributed by atoms with E-state index in [1.165, 1.54) is 16.0 Å². The normalized spacial score (nSPS) is 22.5. The lowest BCUT2D eigenvalue weighted by atomic mass is 9.95. The molecule has 13 heavy (non-hydrogen) atoms. The van der Waals surface area contributed by atoms with Gasteiger partial charge in [0.2, 0.25) is 0 Å². The van der Waals surface area contributed by atoms with Crippen molar-refractivity contribution in [2.45, 2.75) is 0 Å². The average Bonchev–Trinajstić information content (AvgIpc) is 2.61. The highest BCUT2D eigenvalue weighted by Crippen LogP contribution is 2.22. The molecule has 0 bridgehead atoms. The molecule has 0 heteroatoms. The molecule has 0 heterocycles. The van der Waals surface area contributed by atoms with Gasteiger partial charge in [-0.05, 0) is 16.0 Å². The third-order valence-corrected chi connectivity index (χ3v) is 2.67. The van der Waals surface area contributed by atoms with Gasteiger partial charge in [0.25, 0.3) is 0 Å². The number of allylic oxidation sites excluding steroid dienone is 4. The van der Waals surface area contributed by atoms with Crippen LogP contribution in [0.25, 0.3) is 12.2 Å². The van der Waals surface area contributed by atoms with Gasteiger partial charge in [-0.15, -0.1) is 0 Å². The highest BCUT2D eigenvalue weighted by Gasteiger charge is 2.11. The lowest BCUT2D eigenvalue weighted by Crippen LogP contribution is -2.28. The van der Waals surface area contributed by atoms with Crippen LogP contribution in [0.3, 0.4) is 0 Å². The van der Waals surface area contributed by atoms with Gasteiger partial charge in [0.05, 0.1) is 0 Å². The van der Waals surface area contributed by atoms with E-state index in [-0.39, 0.29) is 0 Å². The van der Waals surface area contributed by atoms with Crippen molar-refractivity contribution in [3.63, 3.8) is 0 Å². The summed E-state index contributed by atoms with van der Waals surface area (Å²) >= 11 is 0. The fourth-order valence-electron chi connectivity index (χ4n) is 1.97. The number of fused-ring (bicyclic) bond motifs is 2. The second-order valence-electron chi connectivity index (χ2n) is 3.52. The van der Waals surface area contributed by atoms with E-state index < -0.39 is 0 Å². The molecule has 1 unspecified atom stereocenters. The molecule has 0 aromatic heterocycles. The molecule has 0 nitrogen and oxygen atoms in total. The van der Waals surface area contributed by atoms with Crippen LogP contribution in [-0.2, 0) is 0 Å². The van der Waals surface area contributed by atoms with Crippen molar-refractivity contribution in [2.24, 2.45) is 5.92 Å². The molecule has 0 saturated heterocycles. The number of hydrogen-bond acceptors (Lipinski definition) is 0. The second-order valence-corrected chi connectivity index (χ2v) is 3.52. The summed E-state index contributed by atoms with van der Waals surface area (Å²) in [7, 11) is 0. The van der Waals surface area contributed by atoms with Crippen LogP contribution < -0.4 is 10.4 Å². The van der Waals surface area contributed by atoms with Crippen LogP contribution in [0, 0.1) is 5.92 Å². The first kappa shape index (κ1) is 6.90. The van der Waals surface area contributed by atoms with E-state index in [4.69, 9.17) is 0 Å². The fourth-order valence-corrected chi connectivity index (χ4v) is 1.97. The van der Waals surface area contributed by atoms with Crippen LogP contribution >= 0.6 is 0 Å². The summed E-state index contributed by atoms with van der Waals surface area (Å²) < 4.78 is 0. The molecule has 1 atom stereocenters. The maximum absolute atomic E-state index is 2.32. The Balaban J connectivity index is 2.37. The zero-order valence-corrected chi connectivity index (χ0v) is 7.27. The van der Waals surface area contributed by atoms with Crippen LogP contribution in [0.2, 0.25) is 0 Å². The van der Waals surface area contributed by atoms with Gasteiger partial charge in [0, 0.05) is 5.92 Å². The predicted molar refractivity (Wildman–Crippen MR) is 55.3 cm³/mol. The summed E-state index contributed by atoms with van der Waals surface area (Å²) in [5.74, 6) is 0.523. The van der Waals surface area contributed by atoms with Crippen molar-refractivity contribution < 1.29 is 0 Å². The van der Waals surface area contributed by atoms with Crippen molar-refractivity contribution >= 4 is 12.2 Å². The van der Waals surface area contributed by atoms with Crippen molar-refractivity contribution in [1.82, 2.24) is 0 Å². The topological polar surface area (TPSA) is 0 Å². The van der Waals surface area contributed by atoms with E-state index in [2.05, 4.69) is 54.6 Å². The molecule has 62 valence electrons. The van der Waals surface area contributed by atoms with Crippen molar-refractivity contribution in [3.05, 3.63) is 58.5 Å². The Hall–Kier alpha value is -1.56. The van der Waals surface area contributed by atoms with Gasteiger partial charge in [-0.25, -0.2) is 0 Å². The average molecular weight is 166 g/mol. The summed E-state index contributed by atoms with van der Waals surface area (Å²) in [5, 5.41) is 2.70. The lowest BCUT2D eigenvalue weighted by molar-refractivity contribution is 1.09. The summed E-state index contributed by atoms with van der Waals surface area (Å²) in [4.78, 5) is 0. The van der Waals surface area contributed by atoms with Crippen LogP contribution in [0.4, 0.5) is 0 Å². The Kier molecular flexibility index (Phi) is 1.31. The lowest BCUT2D eigenvalue weighted by Gasteiger charge is -2.09. The van der Waals surface area contributed by atoms with Gasteiger partial charge in [0.1, 0.15) is 0 Å². The molecule has 0 radical (unpaired) electrons. The largest absolute Gasteiger partial charge is 0.0732 e. The van der Waals surface area contributed by atoms with E-state index in [1.807, 2.05) is 0 Å². The zero-order chi connectivity index (χ0) is 8.67. The van der Waals surface area contributed by atoms with Gasteiger partial charge < -0.3 is 0 Å². The van der Waals surface area contributed by atoms with Crippen molar-refractivity contribution in [3.8, 4) is 0 Å². The van der Waals surface area contributed by atoms with Crippen molar-refractivity contribution in [2.75, 3.05) is 0 Å². The van der Waals surface area contributed by atoms with Crippen molar-refractivity contribution in [1.29, 1.82) is 0 Å². The minimum atomic E-state index is 0.523. The quantitative estimate of drug-likeness (QED) is 0.546. The first-order valence-corrected chi connectivity index (χ1v) is 4.60. The first-order valence-electron chi connectivity index (χ1n) is 4.60. The van der Waals surface area contributed by atoms with E-state index in [0.29, 0.717) is 5.92 Å². The Morgan fingerprint density at radius 1 is 1.00 bits per heavy atom. The summed E-state index contributed by atoms with van der Waals surface area (Å²) in [5.41, 5.74) is 1.42. The van der Waals surface area contributed by atoms with Gasteiger partial charge in [-0.1, -0.05) is 54.6 Å². The van der Waals surface area contributed by atoms with Crippen LogP contribution in [0.5, 0.6) is 0 Å². The maximum atomic E-state index is 2.32. The molecule has 1 aromatic rings. The third kappa shape index (κ3) is 0.988. The highest BCUT2D eigenvalue weighted by molar-refractivity contribution is 5.63. The minimum absolute atomic E-state index is 0.523. The third-order valence-electron chi connectivity index (χ3n) is 2.67. The van der Waals surface area contributed by atoms with E-state index in [0.717, 1.165) is 0 Å². The molecule has 2 aliphatic rings. The summed E-state index contributed by atoms with van der Waals surface area (Å²) in [6.07, 6.45) is 11.2. The minimum Gasteiger partial charge on any atom is -0.0732 e. The molecule has 3 rings (SSSR count). The molecule has 0 aliphatic heterocycles. The van der Waals surface area contributed by atoms with Crippen LogP contribution in [0.15, 0.2) is 48.1 Å². The van der Waals surface area contributed by atoms with Gasteiger partial charge in [-0.3, -0.25) is 0 Å². The first-order chi connectivity index (χ1) is 6.43. The standard InChI is InChI=1S/C13H10/c1-2-5-11-9-13-7-3-6-12(13)8-10(11)4-1/h1-9,12H. The molecular formula is C13H10. The molecule has 0 fully saturated rings. The maximum Gasteiger partial charge on any atom is 0.0211 e.